The number of rotatable bonds is 2. The number of carbonyl (C=O) groups is 1. The third kappa shape index (κ3) is 2.38. The molecule has 1 saturated heterocycles. The average molecular weight is 283 g/mol. The Morgan fingerprint density at radius 2 is 1.39 bits per heavy atom. The van der Waals surface area contributed by atoms with E-state index in [0.717, 1.165) is 0 Å². The van der Waals surface area contributed by atoms with Gasteiger partial charge in [-0.15, -0.1) is 0 Å². The minimum absolute atomic E-state index is 0.195. The fourth-order valence-corrected chi connectivity index (χ4v) is 1.28. The van der Waals surface area contributed by atoms with Crippen LogP contribution in [0.15, 0.2) is 0 Å². The first-order valence-corrected chi connectivity index (χ1v) is 4.71. The first kappa shape index (κ1) is 15.0. The lowest BCUT2D eigenvalue weighted by molar-refractivity contribution is -0.346. The number of nitrogens with zero attached hydrogens (tertiary/aromatic N) is 1. The van der Waals surface area contributed by atoms with Crippen LogP contribution in [-0.4, -0.2) is 55.1 Å². The lowest BCUT2D eigenvalue weighted by Crippen LogP contribution is -2.61. The largest absolute Gasteiger partial charge is 0.460 e. The molecule has 10 heteroatoms. The van der Waals surface area contributed by atoms with Crippen molar-refractivity contribution in [2.24, 2.45) is 0 Å². The van der Waals surface area contributed by atoms with Crippen LogP contribution in [-0.2, 0) is 9.53 Å². The minimum Gasteiger partial charge on any atom is -0.378 e. The highest BCUT2D eigenvalue weighted by Gasteiger charge is 2.76. The predicted octanol–water partition coefficient (Wildman–Crippen LogP) is 1.68. The SMILES string of the molecule is O=C(N1CCOCC1)C(F)(F)C(F)(F)C(F)(F)F. The lowest BCUT2D eigenvalue weighted by atomic mass is 10.1. The Bertz CT molecular complexity index is 322. The van der Waals surface area contributed by atoms with E-state index in [1.807, 2.05) is 0 Å². The van der Waals surface area contributed by atoms with Gasteiger partial charge in [0.25, 0.3) is 5.91 Å². The normalized spacial score (nSPS) is 18.9. The van der Waals surface area contributed by atoms with Gasteiger partial charge in [0.2, 0.25) is 0 Å². The molecule has 1 rings (SSSR count). The van der Waals surface area contributed by atoms with E-state index in [1.165, 1.54) is 0 Å². The van der Waals surface area contributed by atoms with Crippen LogP contribution in [0.4, 0.5) is 30.7 Å². The minimum atomic E-state index is -6.50. The highest BCUT2D eigenvalue weighted by molar-refractivity contribution is 5.85. The van der Waals surface area contributed by atoms with Crippen molar-refractivity contribution < 1.29 is 40.3 Å². The molecule has 0 atom stereocenters. The summed E-state index contributed by atoms with van der Waals surface area (Å²) in [6.07, 6.45) is -6.50. The van der Waals surface area contributed by atoms with Crippen molar-refractivity contribution in [3.05, 3.63) is 0 Å². The number of ether oxygens (including phenoxy) is 1. The van der Waals surface area contributed by atoms with Gasteiger partial charge in [0.05, 0.1) is 13.2 Å². The summed E-state index contributed by atoms with van der Waals surface area (Å²) in [5.74, 6) is -14.8. The van der Waals surface area contributed by atoms with Crippen LogP contribution in [0, 0.1) is 0 Å². The Morgan fingerprint density at radius 1 is 0.944 bits per heavy atom. The summed E-state index contributed by atoms with van der Waals surface area (Å²) in [4.78, 5) is 11.3. The third-order valence-corrected chi connectivity index (χ3v) is 2.32. The molecule has 0 aromatic rings. The molecular formula is C8H8F7NO2. The molecule has 1 aliphatic heterocycles. The van der Waals surface area contributed by atoms with E-state index >= 15 is 0 Å². The molecule has 106 valence electrons. The zero-order valence-electron chi connectivity index (χ0n) is 8.74. The van der Waals surface area contributed by atoms with Gasteiger partial charge in [-0.3, -0.25) is 4.79 Å². The van der Waals surface area contributed by atoms with Crippen LogP contribution in [0.3, 0.4) is 0 Å². The average Bonchev–Trinajstić information content (AvgIpc) is 2.27. The van der Waals surface area contributed by atoms with Gasteiger partial charge in [0, 0.05) is 13.1 Å². The van der Waals surface area contributed by atoms with Crippen molar-refractivity contribution in [3.8, 4) is 0 Å². The molecule has 18 heavy (non-hydrogen) atoms. The number of halogens is 7. The topological polar surface area (TPSA) is 29.5 Å². The Balaban J connectivity index is 2.94. The van der Waals surface area contributed by atoms with Crippen molar-refractivity contribution in [2.75, 3.05) is 26.3 Å². The van der Waals surface area contributed by atoms with Gasteiger partial charge < -0.3 is 9.64 Å². The molecule has 0 aromatic carbocycles. The summed E-state index contributed by atoms with van der Waals surface area (Å²) in [6.45, 7) is -1.30. The van der Waals surface area contributed by atoms with Crippen LogP contribution in [0.5, 0.6) is 0 Å². The van der Waals surface area contributed by atoms with Crippen LogP contribution in [0.2, 0.25) is 0 Å². The van der Waals surface area contributed by atoms with Crippen molar-refractivity contribution >= 4 is 5.91 Å². The van der Waals surface area contributed by atoms with Crippen molar-refractivity contribution in [1.29, 1.82) is 0 Å². The molecule has 0 saturated carbocycles. The van der Waals surface area contributed by atoms with Gasteiger partial charge in [0.1, 0.15) is 0 Å². The number of carbonyl (C=O) groups excluding carboxylic acids is 1. The molecule has 1 amide bonds. The first-order chi connectivity index (χ1) is 8.02. The molecule has 1 heterocycles. The van der Waals surface area contributed by atoms with Crippen LogP contribution >= 0.6 is 0 Å². The highest BCUT2D eigenvalue weighted by Crippen LogP contribution is 2.47. The first-order valence-electron chi connectivity index (χ1n) is 4.71. The Kier molecular flexibility index (Phi) is 3.80. The van der Waals surface area contributed by atoms with Crippen LogP contribution < -0.4 is 0 Å². The van der Waals surface area contributed by atoms with Crippen molar-refractivity contribution in [3.63, 3.8) is 0 Å². The molecule has 0 spiro atoms. The summed E-state index contributed by atoms with van der Waals surface area (Å²) in [5, 5.41) is 0. The van der Waals surface area contributed by atoms with Gasteiger partial charge in [-0.25, -0.2) is 0 Å². The zero-order valence-corrected chi connectivity index (χ0v) is 8.74. The van der Waals surface area contributed by atoms with Gasteiger partial charge in [-0.05, 0) is 0 Å². The Hall–Kier alpha value is -1.06. The number of amides is 1. The molecule has 3 nitrogen and oxygen atoms in total. The summed E-state index contributed by atoms with van der Waals surface area (Å²) in [6, 6.07) is 0. The van der Waals surface area contributed by atoms with Gasteiger partial charge >= 0.3 is 18.0 Å². The molecule has 0 aromatic heterocycles. The van der Waals surface area contributed by atoms with Crippen LogP contribution in [0.25, 0.3) is 0 Å². The second kappa shape index (κ2) is 4.56. The number of alkyl halides is 7. The summed E-state index contributed by atoms with van der Waals surface area (Å²) < 4.78 is 91.2. The molecule has 0 radical (unpaired) electrons. The quantitative estimate of drug-likeness (QED) is 0.722. The van der Waals surface area contributed by atoms with Gasteiger partial charge in [0.15, 0.2) is 0 Å². The van der Waals surface area contributed by atoms with E-state index in [9.17, 15) is 35.5 Å². The second-order valence-corrected chi connectivity index (χ2v) is 3.55. The van der Waals surface area contributed by atoms with Gasteiger partial charge in [-0.2, -0.15) is 30.7 Å². The molecule has 0 aliphatic carbocycles. The fourth-order valence-electron chi connectivity index (χ4n) is 1.28. The van der Waals surface area contributed by atoms with Crippen LogP contribution in [0.1, 0.15) is 0 Å². The highest BCUT2D eigenvalue weighted by atomic mass is 19.4. The van der Waals surface area contributed by atoms with E-state index in [0.29, 0.717) is 0 Å². The van der Waals surface area contributed by atoms with Crippen molar-refractivity contribution in [2.45, 2.75) is 18.0 Å². The summed E-state index contributed by atoms with van der Waals surface area (Å²) in [7, 11) is 0. The maximum absolute atomic E-state index is 13.0. The second-order valence-electron chi connectivity index (χ2n) is 3.55. The Morgan fingerprint density at radius 3 is 1.78 bits per heavy atom. The molecule has 1 fully saturated rings. The van der Waals surface area contributed by atoms with E-state index in [4.69, 9.17) is 0 Å². The summed E-state index contributed by atoms with van der Waals surface area (Å²) >= 11 is 0. The number of morpholine rings is 1. The lowest BCUT2D eigenvalue weighted by Gasteiger charge is -2.33. The fraction of sp³-hybridized carbons (Fsp3) is 0.875. The standard InChI is InChI=1S/C8H8F7NO2/c9-6(10,7(11,12)8(13,14)15)5(17)16-1-3-18-4-2-16/h1-4H2. The monoisotopic (exact) mass is 283 g/mol. The maximum Gasteiger partial charge on any atom is 0.460 e. The molecule has 0 bridgehead atoms. The van der Waals surface area contributed by atoms with Crippen molar-refractivity contribution in [1.82, 2.24) is 4.90 Å². The summed E-state index contributed by atoms with van der Waals surface area (Å²) in [5.41, 5.74) is 0. The zero-order chi connectivity index (χ0) is 14.2. The third-order valence-electron chi connectivity index (χ3n) is 2.32. The van der Waals surface area contributed by atoms with E-state index in [2.05, 4.69) is 4.74 Å². The van der Waals surface area contributed by atoms with Gasteiger partial charge in [-0.1, -0.05) is 0 Å². The maximum atomic E-state index is 13.0. The predicted molar refractivity (Wildman–Crippen MR) is 43.3 cm³/mol. The molecule has 1 aliphatic rings. The van der Waals surface area contributed by atoms with E-state index in [1.54, 1.807) is 0 Å². The number of hydrogen-bond donors (Lipinski definition) is 0. The number of hydrogen-bond acceptors (Lipinski definition) is 2. The Labute approximate surface area is 96.5 Å². The van der Waals surface area contributed by atoms with E-state index < -0.39 is 37.0 Å². The van der Waals surface area contributed by atoms with E-state index in [-0.39, 0.29) is 18.1 Å². The molecular weight excluding hydrogens is 275 g/mol. The molecule has 0 N–H and O–H groups in total. The molecule has 0 unspecified atom stereocenters. The smallest absolute Gasteiger partial charge is 0.378 e.